The van der Waals surface area contributed by atoms with Gasteiger partial charge in [-0.05, 0) is 31.4 Å². The first-order valence-electron chi connectivity index (χ1n) is 8.17. The SMILES string of the molecule is CCCCC(CC)COCC(O)CNCC1(SC)CC1. The zero-order valence-corrected chi connectivity index (χ0v) is 14.3. The summed E-state index contributed by atoms with van der Waals surface area (Å²) < 4.78 is 6.14. The fraction of sp³-hybridized carbons (Fsp3) is 1.00. The largest absolute Gasteiger partial charge is 0.389 e. The Morgan fingerprint density at radius 2 is 2.05 bits per heavy atom. The second-order valence-electron chi connectivity index (χ2n) is 6.13. The number of aliphatic hydroxyl groups is 1. The lowest BCUT2D eigenvalue weighted by atomic mass is 10.0. The van der Waals surface area contributed by atoms with Gasteiger partial charge in [-0.2, -0.15) is 11.8 Å². The highest BCUT2D eigenvalue weighted by Gasteiger charge is 2.41. The lowest BCUT2D eigenvalue weighted by Gasteiger charge is -2.18. The van der Waals surface area contributed by atoms with Gasteiger partial charge in [-0.1, -0.05) is 33.1 Å². The lowest BCUT2D eigenvalue weighted by molar-refractivity contribution is 0.0194. The minimum absolute atomic E-state index is 0.378. The third-order valence-electron chi connectivity index (χ3n) is 4.27. The Balaban J connectivity index is 2.00. The number of aliphatic hydroxyl groups excluding tert-OH is 1. The molecule has 0 heterocycles. The van der Waals surface area contributed by atoms with Gasteiger partial charge >= 0.3 is 0 Å². The summed E-state index contributed by atoms with van der Waals surface area (Å²) in [4.78, 5) is 0. The molecule has 0 aromatic carbocycles. The van der Waals surface area contributed by atoms with Crippen LogP contribution in [0.3, 0.4) is 0 Å². The maximum absolute atomic E-state index is 9.91. The van der Waals surface area contributed by atoms with Crippen molar-refractivity contribution in [2.45, 2.75) is 63.2 Å². The van der Waals surface area contributed by atoms with Crippen LogP contribution in [0.4, 0.5) is 0 Å². The first kappa shape index (κ1) is 18.3. The van der Waals surface area contributed by atoms with E-state index in [0.717, 1.165) is 13.2 Å². The first-order valence-corrected chi connectivity index (χ1v) is 9.40. The average Bonchev–Trinajstić information content (AvgIpc) is 3.23. The van der Waals surface area contributed by atoms with E-state index in [1.807, 2.05) is 11.8 Å². The van der Waals surface area contributed by atoms with Gasteiger partial charge in [0, 0.05) is 24.4 Å². The lowest BCUT2D eigenvalue weighted by Crippen LogP contribution is -2.35. The Hall–Kier alpha value is 0.230. The van der Waals surface area contributed by atoms with E-state index < -0.39 is 0 Å². The van der Waals surface area contributed by atoms with Crippen molar-refractivity contribution in [3.63, 3.8) is 0 Å². The van der Waals surface area contributed by atoms with Crippen LogP contribution in [-0.4, -0.2) is 48.5 Å². The van der Waals surface area contributed by atoms with Crippen molar-refractivity contribution < 1.29 is 9.84 Å². The summed E-state index contributed by atoms with van der Waals surface area (Å²) in [6.45, 7) is 7.36. The van der Waals surface area contributed by atoms with Crippen LogP contribution in [0.1, 0.15) is 52.4 Å². The summed E-state index contributed by atoms with van der Waals surface area (Å²) in [5, 5.41) is 13.3. The zero-order chi connectivity index (χ0) is 14.8. The molecule has 1 aliphatic carbocycles. The molecule has 2 N–H and O–H groups in total. The average molecular weight is 304 g/mol. The second kappa shape index (κ2) is 10.0. The Morgan fingerprint density at radius 1 is 1.30 bits per heavy atom. The predicted octanol–water partition coefficient (Wildman–Crippen LogP) is 3.07. The Morgan fingerprint density at radius 3 is 2.60 bits per heavy atom. The maximum atomic E-state index is 9.91. The summed E-state index contributed by atoms with van der Waals surface area (Å²) in [5.74, 6) is 0.654. The third kappa shape index (κ3) is 7.30. The number of unbranched alkanes of at least 4 members (excludes halogenated alkanes) is 1. The molecular weight excluding hydrogens is 270 g/mol. The number of nitrogens with one attached hydrogen (secondary N) is 1. The van der Waals surface area contributed by atoms with Crippen molar-refractivity contribution in [2.75, 3.05) is 32.6 Å². The highest BCUT2D eigenvalue weighted by atomic mass is 32.2. The first-order chi connectivity index (χ1) is 9.65. The van der Waals surface area contributed by atoms with Crippen LogP contribution in [0.25, 0.3) is 0 Å². The molecule has 20 heavy (non-hydrogen) atoms. The van der Waals surface area contributed by atoms with E-state index >= 15 is 0 Å². The molecule has 0 aromatic heterocycles. The third-order valence-corrected chi connectivity index (χ3v) is 5.69. The van der Waals surface area contributed by atoms with E-state index in [1.165, 1.54) is 38.5 Å². The van der Waals surface area contributed by atoms with Crippen LogP contribution in [0, 0.1) is 5.92 Å². The van der Waals surface area contributed by atoms with Gasteiger partial charge in [0.15, 0.2) is 0 Å². The van der Waals surface area contributed by atoms with Crippen molar-refractivity contribution in [3.8, 4) is 0 Å². The molecule has 2 unspecified atom stereocenters. The zero-order valence-electron chi connectivity index (χ0n) is 13.5. The van der Waals surface area contributed by atoms with Gasteiger partial charge in [0.2, 0.25) is 0 Å². The van der Waals surface area contributed by atoms with Gasteiger partial charge in [-0.3, -0.25) is 0 Å². The molecule has 0 spiro atoms. The van der Waals surface area contributed by atoms with Crippen molar-refractivity contribution in [3.05, 3.63) is 0 Å². The van der Waals surface area contributed by atoms with E-state index in [0.29, 0.717) is 23.8 Å². The monoisotopic (exact) mass is 303 g/mol. The van der Waals surface area contributed by atoms with Crippen molar-refractivity contribution in [1.82, 2.24) is 5.32 Å². The Kier molecular flexibility index (Phi) is 9.18. The van der Waals surface area contributed by atoms with E-state index in [4.69, 9.17) is 4.74 Å². The summed E-state index contributed by atoms with van der Waals surface area (Å²) in [6, 6.07) is 0. The minimum Gasteiger partial charge on any atom is -0.389 e. The van der Waals surface area contributed by atoms with Gasteiger partial charge in [0.25, 0.3) is 0 Å². The smallest absolute Gasteiger partial charge is 0.0897 e. The molecule has 0 bridgehead atoms. The second-order valence-corrected chi connectivity index (χ2v) is 7.40. The van der Waals surface area contributed by atoms with Crippen LogP contribution in [0.5, 0.6) is 0 Å². The summed E-state index contributed by atoms with van der Waals surface area (Å²) in [5.41, 5.74) is 0. The van der Waals surface area contributed by atoms with Crippen LogP contribution < -0.4 is 5.32 Å². The Labute approximate surface area is 129 Å². The van der Waals surface area contributed by atoms with Gasteiger partial charge in [-0.15, -0.1) is 0 Å². The molecule has 1 aliphatic rings. The number of ether oxygens (including phenoxy) is 1. The molecule has 1 rings (SSSR count). The summed E-state index contributed by atoms with van der Waals surface area (Å²) >= 11 is 1.95. The normalized spacial score (nSPS) is 19.8. The molecule has 1 saturated carbocycles. The molecule has 3 nitrogen and oxygen atoms in total. The number of thioether (sulfide) groups is 1. The van der Waals surface area contributed by atoms with Crippen LogP contribution in [0.2, 0.25) is 0 Å². The van der Waals surface area contributed by atoms with Crippen LogP contribution in [-0.2, 0) is 4.74 Å². The van der Waals surface area contributed by atoms with Crippen molar-refractivity contribution in [1.29, 1.82) is 0 Å². The number of hydrogen-bond acceptors (Lipinski definition) is 4. The number of rotatable bonds is 13. The molecule has 120 valence electrons. The molecule has 4 heteroatoms. The van der Waals surface area contributed by atoms with Crippen molar-refractivity contribution in [2.24, 2.45) is 5.92 Å². The van der Waals surface area contributed by atoms with Gasteiger partial charge in [0.05, 0.1) is 12.7 Å². The molecule has 1 fully saturated rings. The fourth-order valence-electron chi connectivity index (χ4n) is 2.39. The standard InChI is InChI=1S/C16H33NO2S/c1-4-6-7-14(5-2)11-19-12-15(18)10-17-13-16(20-3)8-9-16/h14-15,17-18H,4-13H2,1-3H3. The van der Waals surface area contributed by atoms with E-state index in [-0.39, 0.29) is 6.10 Å². The summed E-state index contributed by atoms with van der Waals surface area (Å²) in [7, 11) is 0. The molecule has 0 amide bonds. The van der Waals surface area contributed by atoms with Gasteiger partial charge in [-0.25, -0.2) is 0 Å². The maximum Gasteiger partial charge on any atom is 0.0897 e. The summed E-state index contributed by atoms with van der Waals surface area (Å²) in [6.07, 6.45) is 9.36. The molecule has 0 aliphatic heterocycles. The van der Waals surface area contributed by atoms with E-state index in [2.05, 4.69) is 25.4 Å². The van der Waals surface area contributed by atoms with E-state index in [9.17, 15) is 5.11 Å². The highest BCUT2D eigenvalue weighted by Crippen LogP contribution is 2.46. The topological polar surface area (TPSA) is 41.5 Å². The fourth-order valence-corrected chi connectivity index (χ4v) is 3.14. The highest BCUT2D eigenvalue weighted by molar-refractivity contribution is 8.00. The molecular formula is C16H33NO2S. The van der Waals surface area contributed by atoms with Crippen LogP contribution in [0.15, 0.2) is 0 Å². The molecule has 0 aromatic rings. The molecule has 2 atom stereocenters. The number of hydrogen-bond donors (Lipinski definition) is 2. The minimum atomic E-state index is -0.378. The Bertz CT molecular complexity index is 247. The van der Waals surface area contributed by atoms with Crippen LogP contribution >= 0.6 is 11.8 Å². The molecule has 0 radical (unpaired) electrons. The van der Waals surface area contributed by atoms with Gasteiger partial charge < -0.3 is 15.2 Å². The predicted molar refractivity (Wildman–Crippen MR) is 88.5 cm³/mol. The molecule has 0 saturated heterocycles. The van der Waals surface area contributed by atoms with E-state index in [1.54, 1.807) is 0 Å². The van der Waals surface area contributed by atoms with Gasteiger partial charge in [0.1, 0.15) is 0 Å². The quantitative estimate of drug-likeness (QED) is 0.549. The van der Waals surface area contributed by atoms with Crippen molar-refractivity contribution >= 4 is 11.8 Å².